The van der Waals surface area contributed by atoms with Gasteiger partial charge in [-0.15, -0.1) is 0 Å². The summed E-state index contributed by atoms with van der Waals surface area (Å²) >= 11 is 0. The second kappa shape index (κ2) is 11.8. The van der Waals surface area contributed by atoms with Gasteiger partial charge in [-0.1, -0.05) is 19.8 Å². The number of rotatable bonds is 8. The van der Waals surface area contributed by atoms with Crippen LogP contribution >= 0.6 is 0 Å². The van der Waals surface area contributed by atoms with Crippen molar-refractivity contribution in [1.82, 2.24) is 0 Å². The van der Waals surface area contributed by atoms with E-state index in [0.717, 1.165) is 43.1 Å². The van der Waals surface area contributed by atoms with E-state index < -0.39 is 11.7 Å². The van der Waals surface area contributed by atoms with Gasteiger partial charge < -0.3 is 4.74 Å². The molecule has 0 aromatic carbocycles. The first-order chi connectivity index (χ1) is 14.1. The van der Waals surface area contributed by atoms with Crippen molar-refractivity contribution in [2.75, 3.05) is 6.61 Å². The molecule has 3 heteroatoms. The van der Waals surface area contributed by atoms with Crippen molar-refractivity contribution in [3.63, 3.8) is 0 Å². The van der Waals surface area contributed by atoms with Crippen LogP contribution in [0.15, 0.2) is 11.7 Å². The maximum Gasteiger partial charge on any atom is 0.131 e. The highest BCUT2D eigenvalue weighted by Crippen LogP contribution is 2.46. The first-order valence-electron chi connectivity index (χ1n) is 12.7. The Balaban J connectivity index is 1.32. The second-order valence-corrected chi connectivity index (χ2v) is 10.3. The molecule has 0 aromatic heterocycles. The minimum atomic E-state index is -0.627. The molecule has 0 spiro atoms. The van der Waals surface area contributed by atoms with E-state index in [-0.39, 0.29) is 0 Å². The van der Waals surface area contributed by atoms with Crippen molar-refractivity contribution in [1.29, 1.82) is 0 Å². The van der Waals surface area contributed by atoms with Gasteiger partial charge in [-0.2, -0.15) is 0 Å². The largest absolute Gasteiger partial charge is 0.378 e. The average Bonchev–Trinajstić information content (AvgIpc) is 2.77. The van der Waals surface area contributed by atoms with E-state index in [1.54, 1.807) is 0 Å². The SMILES string of the molecule is CCCOC1CCC(C2CCC(C3CCC(CC/C(F)=C(/C)F)CC3)CC2)CC1. The van der Waals surface area contributed by atoms with Gasteiger partial charge >= 0.3 is 0 Å². The van der Waals surface area contributed by atoms with E-state index in [2.05, 4.69) is 6.92 Å². The molecular formula is C26H44F2O. The van der Waals surface area contributed by atoms with Gasteiger partial charge in [0.15, 0.2) is 0 Å². The van der Waals surface area contributed by atoms with Crippen LogP contribution in [0.3, 0.4) is 0 Å². The predicted molar refractivity (Wildman–Crippen MR) is 117 cm³/mol. The number of hydrogen-bond donors (Lipinski definition) is 0. The second-order valence-electron chi connectivity index (χ2n) is 10.3. The van der Waals surface area contributed by atoms with Crippen molar-refractivity contribution < 1.29 is 13.5 Å². The van der Waals surface area contributed by atoms with Gasteiger partial charge in [0.1, 0.15) is 11.7 Å². The van der Waals surface area contributed by atoms with Crippen molar-refractivity contribution in [2.24, 2.45) is 29.6 Å². The summed E-state index contributed by atoms with van der Waals surface area (Å²) < 4.78 is 32.3. The van der Waals surface area contributed by atoms with E-state index in [4.69, 9.17) is 4.74 Å². The van der Waals surface area contributed by atoms with E-state index in [1.165, 1.54) is 84.0 Å². The molecule has 0 saturated heterocycles. The highest BCUT2D eigenvalue weighted by Gasteiger charge is 2.34. The maximum absolute atomic E-state index is 13.4. The molecule has 0 bridgehead atoms. The quantitative estimate of drug-likeness (QED) is 0.389. The highest BCUT2D eigenvalue weighted by atomic mass is 19.2. The van der Waals surface area contributed by atoms with Crippen molar-refractivity contribution in [3.05, 3.63) is 11.7 Å². The third-order valence-corrected chi connectivity index (χ3v) is 8.46. The lowest BCUT2D eigenvalue weighted by atomic mass is 9.65. The molecule has 0 amide bonds. The van der Waals surface area contributed by atoms with Crippen LogP contribution in [0.1, 0.15) is 110 Å². The Bertz CT molecular complexity index is 489. The molecule has 3 saturated carbocycles. The smallest absolute Gasteiger partial charge is 0.131 e. The maximum atomic E-state index is 13.4. The number of ether oxygens (including phenoxy) is 1. The molecule has 0 radical (unpaired) electrons. The van der Waals surface area contributed by atoms with Crippen LogP contribution in [0, 0.1) is 29.6 Å². The first-order valence-corrected chi connectivity index (χ1v) is 12.7. The average molecular weight is 411 g/mol. The van der Waals surface area contributed by atoms with Crippen LogP contribution in [-0.4, -0.2) is 12.7 Å². The fourth-order valence-electron chi connectivity index (χ4n) is 6.55. The van der Waals surface area contributed by atoms with Crippen LogP contribution in [0.5, 0.6) is 0 Å². The molecule has 0 unspecified atom stereocenters. The summed E-state index contributed by atoms with van der Waals surface area (Å²) in [6.07, 6.45) is 19.0. The molecule has 0 heterocycles. The third kappa shape index (κ3) is 7.04. The molecule has 1 nitrogen and oxygen atoms in total. The Labute approximate surface area is 178 Å². The van der Waals surface area contributed by atoms with E-state index in [0.29, 0.717) is 18.4 Å². The normalized spacial score (nSPS) is 37.2. The molecule has 0 aliphatic heterocycles. The summed E-state index contributed by atoms with van der Waals surface area (Å²) in [5.74, 6) is 3.20. The van der Waals surface area contributed by atoms with Crippen LogP contribution in [0.25, 0.3) is 0 Å². The van der Waals surface area contributed by atoms with E-state index in [1.807, 2.05) is 0 Å². The van der Waals surface area contributed by atoms with Crippen LogP contribution < -0.4 is 0 Å². The summed E-state index contributed by atoms with van der Waals surface area (Å²) in [6, 6.07) is 0. The van der Waals surface area contributed by atoms with Gasteiger partial charge in [0, 0.05) is 13.0 Å². The summed E-state index contributed by atoms with van der Waals surface area (Å²) in [7, 11) is 0. The molecular weight excluding hydrogens is 366 g/mol. The fourth-order valence-corrected chi connectivity index (χ4v) is 6.55. The van der Waals surface area contributed by atoms with Crippen LogP contribution in [0.2, 0.25) is 0 Å². The first kappa shape index (κ1) is 23.2. The molecule has 3 aliphatic carbocycles. The van der Waals surface area contributed by atoms with Gasteiger partial charge in [-0.05, 0) is 114 Å². The van der Waals surface area contributed by atoms with Crippen molar-refractivity contribution in [2.45, 2.75) is 116 Å². The number of hydrogen-bond acceptors (Lipinski definition) is 1. The Morgan fingerprint density at radius 1 is 0.724 bits per heavy atom. The summed E-state index contributed by atoms with van der Waals surface area (Å²) in [5, 5.41) is 0. The van der Waals surface area contributed by atoms with Gasteiger partial charge in [0.25, 0.3) is 0 Å². The third-order valence-electron chi connectivity index (χ3n) is 8.46. The summed E-state index contributed by atoms with van der Waals surface area (Å²) in [6.45, 7) is 4.36. The minimum absolute atomic E-state index is 0.300. The van der Waals surface area contributed by atoms with E-state index in [9.17, 15) is 8.78 Å². The molecule has 3 rings (SSSR count). The molecule has 3 fully saturated rings. The number of halogens is 2. The Morgan fingerprint density at radius 3 is 1.62 bits per heavy atom. The zero-order chi connectivity index (χ0) is 20.6. The van der Waals surface area contributed by atoms with Crippen LogP contribution in [-0.2, 0) is 4.74 Å². The lowest BCUT2D eigenvalue weighted by Gasteiger charge is -2.41. The number of allylic oxidation sites excluding steroid dienone is 2. The Kier molecular flexibility index (Phi) is 9.47. The van der Waals surface area contributed by atoms with E-state index >= 15 is 0 Å². The van der Waals surface area contributed by atoms with Gasteiger partial charge in [0.05, 0.1) is 6.10 Å². The molecule has 0 N–H and O–H groups in total. The van der Waals surface area contributed by atoms with Gasteiger partial charge in [-0.3, -0.25) is 0 Å². The van der Waals surface area contributed by atoms with Crippen molar-refractivity contribution >= 4 is 0 Å². The molecule has 168 valence electrons. The summed E-state index contributed by atoms with van der Waals surface area (Å²) in [5.41, 5.74) is 0. The predicted octanol–water partition coefficient (Wildman–Crippen LogP) is 8.54. The lowest BCUT2D eigenvalue weighted by molar-refractivity contribution is 0.00569. The van der Waals surface area contributed by atoms with Gasteiger partial charge in [0.2, 0.25) is 0 Å². The molecule has 0 aromatic rings. The minimum Gasteiger partial charge on any atom is -0.378 e. The fraction of sp³-hybridized carbons (Fsp3) is 0.923. The zero-order valence-electron chi connectivity index (χ0n) is 18.9. The van der Waals surface area contributed by atoms with Crippen LogP contribution in [0.4, 0.5) is 8.78 Å². The zero-order valence-corrected chi connectivity index (χ0v) is 18.9. The molecule has 29 heavy (non-hydrogen) atoms. The summed E-state index contributed by atoms with van der Waals surface area (Å²) in [4.78, 5) is 0. The Hall–Kier alpha value is -0.440. The lowest BCUT2D eigenvalue weighted by Crippen LogP contribution is -2.31. The molecule has 3 aliphatic rings. The monoisotopic (exact) mass is 410 g/mol. The van der Waals surface area contributed by atoms with Gasteiger partial charge in [-0.25, -0.2) is 8.78 Å². The standard InChI is InChI=1S/C26H44F2O/c1-3-18-29-25-15-13-24(14-16-25)23-11-9-22(10-12-23)21-7-4-20(5-8-21)6-17-26(28)19(2)27/h20-25H,3-18H2,1-2H3/b26-19+. The molecule has 0 atom stereocenters. The highest BCUT2D eigenvalue weighted by molar-refractivity contribution is 4.96. The topological polar surface area (TPSA) is 9.23 Å². The van der Waals surface area contributed by atoms with Crippen molar-refractivity contribution in [3.8, 4) is 0 Å². The Morgan fingerprint density at radius 2 is 1.17 bits per heavy atom.